The third-order valence-corrected chi connectivity index (χ3v) is 3.67. The van der Waals surface area contributed by atoms with Crippen LogP contribution in [-0.2, 0) is 4.79 Å². The maximum Gasteiger partial charge on any atom is 0.227 e. The molecule has 1 heterocycles. The van der Waals surface area contributed by atoms with Gasteiger partial charge in [0.05, 0.1) is 5.92 Å². The van der Waals surface area contributed by atoms with Gasteiger partial charge in [-0.3, -0.25) is 4.79 Å². The van der Waals surface area contributed by atoms with Crippen molar-refractivity contribution in [2.45, 2.75) is 51.5 Å². The van der Waals surface area contributed by atoms with Crippen LogP contribution in [0.1, 0.15) is 45.4 Å². The van der Waals surface area contributed by atoms with Crippen molar-refractivity contribution in [1.29, 1.82) is 0 Å². The van der Waals surface area contributed by atoms with E-state index in [2.05, 4.69) is 17.1 Å². The summed E-state index contributed by atoms with van der Waals surface area (Å²) in [5.41, 5.74) is 0. The molecule has 1 amide bonds. The number of nitrogens with zero attached hydrogens (tertiary/aromatic N) is 1. The van der Waals surface area contributed by atoms with Crippen molar-refractivity contribution in [3.05, 3.63) is 0 Å². The smallest absolute Gasteiger partial charge is 0.227 e. The number of amides is 1. The first-order valence-electron chi connectivity index (χ1n) is 6.84. The molecule has 1 N–H and O–H groups in total. The monoisotopic (exact) mass is 224 g/mol. The first-order chi connectivity index (χ1) is 7.83. The Hall–Kier alpha value is -0.570. The number of rotatable bonds is 5. The third-order valence-electron chi connectivity index (χ3n) is 3.67. The van der Waals surface area contributed by atoms with Gasteiger partial charge in [0.15, 0.2) is 0 Å². The van der Waals surface area contributed by atoms with Crippen LogP contribution in [0.5, 0.6) is 0 Å². The Morgan fingerprint density at radius 2 is 2.19 bits per heavy atom. The summed E-state index contributed by atoms with van der Waals surface area (Å²) >= 11 is 0. The molecule has 92 valence electrons. The van der Waals surface area contributed by atoms with Crippen molar-refractivity contribution in [3.8, 4) is 0 Å². The Morgan fingerprint density at radius 3 is 2.75 bits per heavy atom. The maximum atomic E-state index is 12.4. The van der Waals surface area contributed by atoms with Crippen molar-refractivity contribution in [1.82, 2.24) is 10.2 Å². The lowest BCUT2D eigenvalue weighted by Crippen LogP contribution is -2.44. The number of hydrogen-bond acceptors (Lipinski definition) is 2. The van der Waals surface area contributed by atoms with E-state index >= 15 is 0 Å². The Balaban J connectivity index is 1.87. The average molecular weight is 224 g/mol. The van der Waals surface area contributed by atoms with Crippen molar-refractivity contribution < 1.29 is 4.79 Å². The molecule has 1 saturated heterocycles. The molecule has 0 aromatic rings. The van der Waals surface area contributed by atoms with Gasteiger partial charge < -0.3 is 10.2 Å². The fourth-order valence-electron chi connectivity index (χ4n) is 2.48. The average Bonchev–Trinajstić information content (AvgIpc) is 3.15. The number of nitrogens with one attached hydrogen (secondary N) is 1. The predicted octanol–water partition coefficient (Wildman–Crippen LogP) is 1.78. The molecule has 0 radical (unpaired) electrons. The van der Waals surface area contributed by atoms with Gasteiger partial charge in [0, 0.05) is 19.1 Å². The largest absolute Gasteiger partial charge is 0.339 e. The molecule has 0 spiro atoms. The van der Waals surface area contributed by atoms with Crippen LogP contribution < -0.4 is 5.32 Å². The molecule has 1 saturated carbocycles. The zero-order valence-electron chi connectivity index (χ0n) is 10.4. The third kappa shape index (κ3) is 2.97. The van der Waals surface area contributed by atoms with E-state index in [1.807, 2.05) is 0 Å². The minimum atomic E-state index is 0.256. The van der Waals surface area contributed by atoms with Gasteiger partial charge in [-0.15, -0.1) is 0 Å². The lowest BCUT2D eigenvalue weighted by atomic mass is 9.98. The van der Waals surface area contributed by atoms with Crippen molar-refractivity contribution >= 4 is 5.91 Å². The summed E-state index contributed by atoms with van der Waals surface area (Å²) in [6, 6.07) is 0.584. The van der Waals surface area contributed by atoms with Crippen LogP contribution >= 0.6 is 0 Å². The first kappa shape index (κ1) is 11.9. The normalized spacial score (nSPS) is 25.4. The summed E-state index contributed by atoms with van der Waals surface area (Å²) in [6.07, 6.45) is 7.04. The molecule has 0 bridgehead atoms. The van der Waals surface area contributed by atoms with Crippen LogP contribution in [-0.4, -0.2) is 36.5 Å². The number of carbonyl (C=O) groups is 1. The van der Waals surface area contributed by atoms with Gasteiger partial charge >= 0.3 is 0 Å². The van der Waals surface area contributed by atoms with Crippen LogP contribution in [0.15, 0.2) is 0 Å². The van der Waals surface area contributed by atoms with Gasteiger partial charge in [-0.25, -0.2) is 0 Å². The molecule has 2 rings (SSSR count). The summed E-state index contributed by atoms with van der Waals surface area (Å²) in [6.45, 7) is 5.16. The van der Waals surface area contributed by atoms with Crippen LogP contribution in [0.4, 0.5) is 0 Å². The zero-order valence-corrected chi connectivity index (χ0v) is 10.4. The minimum Gasteiger partial charge on any atom is -0.339 e. The fourth-order valence-corrected chi connectivity index (χ4v) is 2.48. The number of unbranched alkanes of at least 4 members (excludes halogenated alkanes) is 1. The Bertz CT molecular complexity index is 232. The van der Waals surface area contributed by atoms with Crippen molar-refractivity contribution in [2.75, 3.05) is 19.6 Å². The van der Waals surface area contributed by atoms with Crippen molar-refractivity contribution in [2.24, 2.45) is 5.92 Å². The quantitative estimate of drug-likeness (QED) is 0.772. The molecule has 3 heteroatoms. The van der Waals surface area contributed by atoms with E-state index in [1.165, 1.54) is 19.3 Å². The number of carbonyl (C=O) groups excluding carboxylic acids is 1. The summed E-state index contributed by atoms with van der Waals surface area (Å²) in [7, 11) is 0. The van der Waals surface area contributed by atoms with Crippen LogP contribution in [0.25, 0.3) is 0 Å². The van der Waals surface area contributed by atoms with E-state index in [1.54, 1.807) is 0 Å². The van der Waals surface area contributed by atoms with Gasteiger partial charge in [0.2, 0.25) is 5.91 Å². The predicted molar refractivity (Wildman–Crippen MR) is 65.2 cm³/mol. The lowest BCUT2D eigenvalue weighted by molar-refractivity contribution is -0.136. The molecule has 2 fully saturated rings. The molecular formula is C13H24N2O. The first-order valence-corrected chi connectivity index (χ1v) is 6.84. The van der Waals surface area contributed by atoms with E-state index in [-0.39, 0.29) is 5.92 Å². The molecule has 0 unspecified atom stereocenters. The highest BCUT2D eigenvalue weighted by molar-refractivity contribution is 5.79. The fraction of sp³-hybridized carbons (Fsp3) is 0.923. The molecule has 16 heavy (non-hydrogen) atoms. The van der Waals surface area contributed by atoms with Gasteiger partial charge in [-0.05, 0) is 38.6 Å². The van der Waals surface area contributed by atoms with Gasteiger partial charge in [-0.1, -0.05) is 13.3 Å². The second-order valence-electron chi connectivity index (χ2n) is 5.16. The van der Waals surface area contributed by atoms with Gasteiger partial charge in [0.1, 0.15) is 0 Å². The van der Waals surface area contributed by atoms with Crippen molar-refractivity contribution in [3.63, 3.8) is 0 Å². The van der Waals surface area contributed by atoms with E-state index in [0.717, 1.165) is 38.9 Å². The summed E-state index contributed by atoms with van der Waals surface area (Å²) < 4.78 is 0. The summed E-state index contributed by atoms with van der Waals surface area (Å²) in [4.78, 5) is 14.5. The van der Waals surface area contributed by atoms with Gasteiger partial charge in [0.25, 0.3) is 0 Å². The summed E-state index contributed by atoms with van der Waals surface area (Å²) in [5.74, 6) is 0.675. The topological polar surface area (TPSA) is 32.3 Å². The SMILES string of the molecule is CCCCN(C(=O)[C@@H]1CCCNC1)C1CC1. The van der Waals surface area contributed by atoms with E-state index in [0.29, 0.717) is 11.9 Å². The highest BCUT2D eigenvalue weighted by Crippen LogP contribution is 2.29. The summed E-state index contributed by atoms with van der Waals surface area (Å²) in [5, 5.41) is 3.34. The van der Waals surface area contributed by atoms with Gasteiger partial charge in [-0.2, -0.15) is 0 Å². The standard InChI is InChI=1S/C13H24N2O/c1-2-3-9-15(12-6-7-12)13(16)11-5-4-8-14-10-11/h11-12,14H,2-10H2,1H3/t11-/m1/s1. The van der Waals surface area contributed by atoms with Crippen LogP contribution in [0, 0.1) is 5.92 Å². The highest BCUT2D eigenvalue weighted by atomic mass is 16.2. The van der Waals surface area contributed by atoms with Crippen LogP contribution in [0.2, 0.25) is 0 Å². The van der Waals surface area contributed by atoms with E-state index in [4.69, 9.17) is 0 Å². The number of piperidine rings is 1. The molecule has 1 aliphatic carbocycles. The van der Waals surface area contributed by atoms with Crippen LogP contribution in [0.3, 0.4) is 0 Å². The van der Waals surface area contributed by atoms with E-state index < -0.39 is 0 Å². The Morgan fingerprint density at radius 1 is 1.38 bits per heavy atom. The molecule has 0 aromatic carbocycles. The lowest BCUT2D eigenvalue weighted by Gasteiger charge is -2.29. The maximum absolute atomic E-state index is 12.4. The number of hydrogen-bond donors (Lipinski definition) is 1. The molecule has 2 aliphatic rings. The van der Waals surface area contributed by atoms with E-state index in [9.17, 15) is 4.79 Å². The molecule has 0 aromatic heterocycles. The molecule has 1 atom stereocenters. The molecular weight excluding hydrogens is 200 g/mol. The Labute approximate surface area is 98.6 Å². The molecule has 3 nitrogen and oxygen atoms in total. The minimum absolute atomic E-state index is 0.256. The Kier molecular flexibility index (Phi) is 4.22. The zero-order chi connectivity index (χ0) is 11.4. The second-order valence-corrected chi connectivity index (χ2v) is 5.16. The highest BCUT2D eigenvalue weighted by Gasteiger charge is 2.35. The second kappa shape index (κ2) is 5.67. The molecule has 1 aliphatic heterocycles.